The summed E-state index contributed by atoms with van der Waals surface area (Å²) in [6, 6.07) is 27.7. The van der Waals surface area contributed by atoms with E-state index in [4.69, 9.17) is 4.74 Å². The van der Waals surface area contributed by atoms with Gasteiger partial charge in [-0.05, 0) is 41.8 Å². The van der Waals surface area contributed by atoms with Crippen molar-refractivity contribution < 1.29 is 4.74 Å². The largest absolute Gasteiger partial charge is 0.496 e. The lowest BCUT2D eigenvalue weighted by molar-refractivity contribution is 0.410. The molecule has 0 bridgehead atoms. The SMILES string of the molecule is COc1ccc2ccccc2c1C(c1c(-c2ccc(C)cc2)[nH][nH]c1=O)c1c(-c2ccc(C)cc2)[nH][nH]c1=O. The molecule has 6 rings (SSSR count). The fourth-order valence-corrected chi connectivity index (χ4v) is 5.37. The van der Waals surface area contributed by atoms with Gasteiger partial charge in [0, 0.05) is 5.56 Å². The van der Waals surface area contributed by atoms with Crippen LogP contribution in [-0.2, 0) is 0 Å². The van der Waals surface area contributed by atoms with Crippen LogP contribution in [0.25, 0.3) is 33.3 Å². The van der Waals surface area contributed by atoms with Gasteiger partial charge < -0.3 is 4.74 Å². The fourth-order valence-electron chi connectivity index (χ4n) is 5.37. The van der Waals surface area contributed by atoms with Crippen molar-refractivity contribution in [2.45, 2.75) is 19.8 Å². The first-order valence-corrected chi connectivity index (χ1v) is 12.8. The molecule has 2 heterocycles. The van der Waals surface area contributed by atoms with E-state index in [-0.39, 0.29) is 11.1 Å². The zero-order chi connectivity index (χ0) is 27.1. The maximum absolute atomic E-state index is 13.7. The van der Waals surface area contributed by atoms with Crippen molar-refractivity contribution in [3.05, 3.63) is 133 Å². The normalized spacial score (nSPS) is 11.4. The van der Waals surface area contributed by atoms with Gasteiger partial charge in [0.25, 0.3) is 11.1 Å². The molecule has 0 amide bonds. The van der Waals surface area contributed by atoms with Crippen LogP contribution in [0.4, 0.5) is 0 Å². The van der Waals surface area contributed by atoms with Crippen LogP contribution in [0.1, 0.15) is 33.7 Å². The standard InChI is InChI=1S/C32H28N4O3/c1-18-8-12-21(13-9-18)29-27(31(37)35-33-29)26(25-23-7-5-4-6-20(23)16-17-24(25)39-3)28-30(34-36-32(28)38)22-14-10-19(2)11-15-22/h4-17,26H,1-3H3,(H2,33,35,37)(H2,34,36,38). The number of ether oxygens (including phenoxy) is 1. The second-order valence-corrected chi connectivity index (χ2v) is 9.80. The Morgan fingerprint density at radius 2 is 1.10 bits per heavy atom. The lowest BCUT2D eigenvalue weighted by atomic mass is 9.80. The highest BCUT2D eigenvalue weighted by molar-refractivity contribution is 5.90. The second kappa shape index (κ2) is 9.68. The molecule has 0 aliphatic carbocycles. The average Bonchev–Trinajstić information content (AvgIpc) is 3.52. The van der Waals surface area contributed by atoms with Crippen LogP contribution in [0.5, 0.6) is 5.75 Å². The van der Waals surface area contributed by atoms with E-state index >= 15 is 0 Å². The van der Waals surface area contributed by atoms with Gasteiger partial charge >= 0.3 is 0 Å². The highest BCUT2D eigenvalue weighted by atomic mass is 16.5. The van der Waals surface area contributed by atoms with E-state index in [9.17, 15) is 9.59 Å². The molecule has 39 heavy (non-hydrogen) atoms. The number of aromatic amines is 4. The summed E-state index contributed by atoms with van der Waals surface area (Å²) in [6.45, 7) is 4.03. The first kappa shape index (κ1) is 24.3. The number of hydrogen-bond acceptors (Lipinski definition) is 3. The highest BCUT2D eigenvalue weighted by Gasteiger charge is 2.34. The number of nitrogens with one attached hydrogen (secondary N) is 4. The molecule has 0 unspecified atom stereocenters. The first-order chi connectivity index (χ1) is 19.0. The van der Waals surface area contributed by atoms with Crippen molar-refractivity contribution in [2.24, 2.45) is 0 Å². The Hall–Kier alpha value is -5.04. The Balaban J connectivity index is 1.74. The van der Waals surface area contributed by atoms with E-state index in [2.05, 4.69) is 20.4 Å². The van der Waals surface area contributed by atoms with E-state index < -0.39 is 5.92 Å². The number of fused-ring (bicyclic) bond motifs is 1. The minimum absolute atomic E-state index is 0.305. The molecule has 0 fully saturated rings. The number of aryl methyl sites for hydroxylation is 2. The van der Waals surface area contributed by atoms with Crippen molar-refractivity contribution in [3.8, 4) is 28.3 Å². The van der Waals surface area contributed by atoms with E-state index in [1.54, 1.807) is 7.11 Å². The Morgan fingerprint density at radius 3 is 1.62 bits per heavy atom. The summed E-state index contributed by atoms with van der Waals surface area (Å²) in [5.74, 6) is -0.173. The van der Waals surface area contributed by atoms with Gasteiger partial charge in [-0.1, -0.05) is 90.0 Å². The van der Waals surface area contributed by atoms with Crippen LogP contribution in [0.15, 0.2) is 94.5 Å². The van der Waals surface area contributed by atoms with Gasteiger partial charge in [0.05, 0.1) is 35.5 Å². The van der Waals surface area contributed by atoms with Gasteiger partial charge in [-0.25, -0.2) is 0 Å². The van der Waals surface area contributed by atoms with Crippen LogP contribution in [0.2, 0.25) is 0 Å². The lowest BCUT2D eigenvalue weighted by Crippen LogP contribution is -2.21. The van der Waals surface area contributed by atoms with Crippen molar-refractivity contribution in [1.82, 2.24) is 20.4 Å². The zero-order valence-corrected chi connectivity index (χ0v) is 21.9. The topological polar surface area (TPSA) is 107 Å². The van der Waals surface area contributed by atoms with Crippen LogP contribution < -0.4 is 15.9 Å². The zero-order valence-electron chi connectivity index (χ0n) is 21.9. The molecular formula is C32H28N4O3. The third-order valence-corrected chi connectivity index (χ3v) is 7.33. The summed E-state index contributed by atoms with van der Waals surface area (Å²) in [7, 11) is 1.61. The highest BCUT2D eigenvalue weighted by Crippen LogP contribution is 2.44. The molecule has 0 radical (unpaired) electrons. The Kier molecular flexibility index (Phi) is 6.04. The summed E-state index contributed by atoms with van der Waals surface area (Å²) in [6.07, 6.45) is 0. The molecule has 7 heteroatoms. The predicted molar refractivity (Wildman–Crippen MR) is 155 cm³/mol. The van der Waals surface area contributed by atoms with Crippen molar-refractivity contribution in [2.75, 3.05) is 7.11 Å². The molecule has 6 aromatic rings. The summed E-state index contributed by atoms with van der Waals surface area (Å²) >= 11 is 0. The van der Waals surface area contributed by atoms with E-state index in [1.807, 2.05) is 98.8 Å². The molecule has 0 spiro atoms. The van der Waals surface area contributed by atoms with Gasteiger partial charge in [-0.3, -0.25) is 30.0 Å². The Labute approximate surface area is 224 Å². The fraction of sp³-hybridized carbons (Fsp3) is 0.125. The molecule has 0 saturated heterocycles. The molecule has 0 saturated carbocycles. The third kappa shape index (κ3) is 4.18. The molecule has 0 atom stereocenters. The third-order valence-electron chi connectivity index (χ3n) is 7.33. The molecule has 4 aromatic carbocycles. The maximum Gasteiger partial charge on any atom is 0.268 e. The smallest absolute Gasteiger partial charge is 0.268 e. The molecule has 4 N–H and O–H groups in total. The molecule has 194 valence electrons. The Morgan fingerprint density at radius 1 is 0.590 bits per heavy atom. The first-order valence-electron chi connectivity index (χ1n) is 12.8. The van der Waals surface area contributed by atoms with Gasteiger partial charge in [0.2, 0.25) is 0 Å². The molecule has 0 aliphatic heterocycles. The van der Waals surface area contributed by atoms with Gasteiger partial charge in [-0.15, -0.1) is 0 Å². The predicted octanol–water partition coefficient (Wildman–Crippen LogP) is 6.01. The lowest BCUT2D eigenvalue weighted by Gasteiger charge is -2.22. The van der Waals surface area contributed by atoms with Gasteiger partial charge in [0.15, 0.2) is 0 Å². The average molecular weight is 517 g/mol. The minimum atomic E-state index is -0.761. The van der Waals surface area contributed by atoms with Gasteiger partial charge in [-0.2, -0.15) is 0 Å². The maximum atomic E-state index is 13.7. The van der Waals surface area contributed by atoms with Crippen LogP contribution >= 0.6 is 0 Å². The summed E-state index contributed by atoms with van der Waals surface area (Å²) < 4.78 is 5.89. The molecule has 0 aliphatic rings. The quantitative estimate of drug-likeness (QED) is 0.218. The number of H-pyrrole nitrogens is 4. The number of rotatable bonds is 6. The van der Waals surface area contributed by atoms with E-state index in [0.29, 0.717) is 28.3 Å². The molecule has 7 nitrogen and oxygen atoms in total. The molecule has 2 aromatic heterocycles. The monoisotopic (exact) mass is 516 g/mol. The van der Waals surface area contributed by atoms with Crippen molar-refractivity contribution >= 4 is 10.8 Å². The summed E-state index contributed by atoms with van der Waals surface area (Å²) in [5, 5.41) is 13.6. The second-order valence-electron chi connectivity index (χ2n) is 9.80. The number of hydrogen-bond donors (Lipinski definition) is 4. The summed E-state index contributed by atoms with van der Waals surface area (Å²) in [4.78, 5) is 27.4. The van der Waals surface area contributed by atoms with Crippen LogP contribution in [-0.4, -0.2) is 27.5 Å². The van der Waals surface area contributed by atoms with E-state index in [0.717, 1.165) is 38.6 Å². The van der Waals surface area contributed by atoms with Crippen LogP contribution in [0.3, 0.4) is 0 Å². The molecular weight excluding hydrogens is 488 g/mol. The van der Waals surface area contributed by atoms with Crippen LogP contribution in [0, 0.1) is 13.8 Å². The number of benzene rings is 4. The number of aromatic nitrogens is 4. The van der Waals surface area contributed by atoms with E-state index in [1.165, 1.54) is 0 Å². The van der Waals surface area contributed by atoms with Crippen molar-refractivity contribution in [1.29, 1.82) is 0 Å². The number of methoxy groups -OCH3 is 1. The Bertz CT molecular complexity index is 1810. The van der Waals surface area contributed by atoms with Crippen molar-refractivity contribution in [3.63, 3.8) is 0 Å². The van der Waals surface area contributed by atoms with Gasteiger partial charge in [0.1, 0.15) is 5.75 Å². The minimum Gasteiger partial charge on any atom is -0.496 e. The summed E-state index contributed by atoms with van der Waals surface area (Å²) in [5.41, 5.74) is 6.13.